The first kappa shape index (κ1) is 13.9. The Kier molecular flexibility index (Phi) is 3.59. The highest BCUT2D eigenvalue weighted by molar-refractivity contribution is 7.99. The lowest BCUT2D eigenvalue weighted by Crippen LogP contribution is -2.39. The van der Waals surface area contributed by atoms with E-state index >= 15 is 0 Å². The summed E-state index contributed by atoms with van der Waals surface area (Å²) in [5.41, 5.74) is -0.196. The van der Waals surface area contributed by atoms with Gasteiger partial charge in [-0.25, -0.2) is 4.79 Å². The molecule has 1 aromatic carbocycles. The van der Waals surface area contributed by atoms with Gasteiger partial charge in [0.05, 0.1) is 16.6 Å². The molecule has 21 heavy (non-hydrogen) atoms. The number of fused-ring (bicyclic) bond motifs is 1. The quantitative estimate of drug-likeness (QED) is 0.819. The summed E-state index contributed by atoms with van der Waals surface area (Å²) in [5, 5.41) is 9.11. The van der Waals surface area contributed by atoms with Gasteiger partial charge in [0, 0.05) is 6.04 Å². The molecule has 6 nitrogen and oxygen atoms in total. The first-order valence-electron chi connectivity index (χ1n) is 6.67. The number of nitrogens with one attached hydrogen (secondary N) is 1. The number of carboxylic acid groups (broad SMARTS) is 1. The molecule has 2 aromatic rings. The molecular formula is C14H14N2O4S. The summed E-state index contributed by atoms with van der Waals surface area (Å²) in [4.78, 5) is 37.7. The van der Waals surface area contributed by atoms with Gasteiger partial charge in [0.25, 0.3) is 0 Å². The average molecular weight is 306 g/mol. The number of aromatic amines is 1. The third-order valence-corrected chi connectivity index (χ3v) is 4.77. The monoisotopic (exact) mass is 306 g/mol. The van der Waals surface area contributed by atoms with Crippen LogP contribution < -0.4 is 11.1 Å². The molecule has 1 saturated heterocycles. The number of carboxylic acids is 1. The number of hydrogen-bond acceptors (Lipinski definition) is 4. The maximum Gasteiger partial charge on any atom is 0.335 e. The van der Waals surface area contributed by atoms with Crippen LogP contribution in [0, 0.1) is 0 Å². The van der Waals surface area contributed by atoms with Crippen LogP contribution in [0.3, 0.4) is 0 Å². The predicted octanol–water partition coefficient (Wildman–Crippen LogP) is 1.46. The maximum absolute atomic E-state index is 12.2. The molecule has 0 bridgehead atoms. The normalized spacial score (nSPS) is 16.2. The Bertz CT molecular complexity index is 818. The van der Waals surface area contributed by atoms with Crippen molar-refractivity contribution < 1.29 is 9.90 Å². The van der Waals surface area contributed by atoms with E-state index in [-0.39, 0.29) is 11.6 Å². The molecule has 0 saturated carbocycles. The number of carbonyl (C=O) groups is 1. The van der Waals surface area contributed by atoms with Crippen LogP contribution >= 0.6 is 11.8 Å². The van der Waals surface area contributed by atoms with E-state index in [0.29, 0.717) is 11.0 Å². The molecule has 110 valence electrons. The van der Waals surface area contributed by atoms with Crippen molar-refractivity contribution >= 4 is 28.8 Å². The van der Waals surface area contributed by atoms with Crippen molar-refractivity contribution in [1.82, 2.24) is 9.55 Å². The number of aromatic carboxylic acids is 1. The van der Waals surface area contributed by atoms with Crippen LogP contribution in [0.2, 0.25) is 0 Å². The van der Waals surface area contributed by atoms with Gasteiger partial charge in [-0.15, -0.1) is 0 Å². The molecule has 0 amide bonds. The standard InChI is InChI=1S/C14H14N2O4S/c17-12-13(18)16(9-3-5-21-6-4-9)11-7-8(14(19)20)1-2-10(11)15-12/h1-2,7,9H,3-6H2,(H,15,17)(H,19,20). The molecule has 0 unspecified atom stereocenters. The number of thioether (sulfide) groups is 1. The van der Waals surface area contributed by atoms with Gasteiger partial charge in [-0.2, -0.15) is 11.8 Å². The molecule has 1 aliphatic rings. The Morgan fingerprint density at radius 1 is 1.29 bits per heavy atom. The van der Waals surface area contributed by atoms with E-state index in [1.807, 2.05) is 11.8 Å². The van der Waals surface area contributed by atoms with Crippen molar-refractivity contribution in [3.63, 3.8) is 0 Å². The highest BCUT2D eigenvalue weighted by Gasteiger charge is 2.20. The minimum Gasteiger partial charge on any atom is -0.478 e. The number of hydrogen-bond donors (Lipinski definition) is 2. The van der Waals surface area contributed by atoms with Crippen LogP contribution in [0.5, 0.6) is 0 Å². The first-order valence-corrected chi connectivity index (χ1v) is 7.83. The Balaban J connectivity index is 2.30. The topological polar surface area (TPSA) is 92.2 Å². The van der Waals surface area contributed by atoms with E-state index in [1.165, 1.54) is 22.8 Å². The van der Waals surface area contributed by atoms with Gasteiger partial charge in [-0.3, -0.25) is 14.2 Å². The van der Waals surface area contributed by atoms with Gasteiger partial charge < -0.3 is 10.1 Å². The fourth-order valence-electron chi connectivity index (χ4n) is 2.67. The third-order valence-electron chi connectivity index (χ3n) is 3.72. The van der Waals surface area contributed by atoms with Gasteiger partial charge in [-0.05, 0) is 42.5 Å². The van der Waals surface area contributed by atoms with Gasteiger partial charge in [0.1, 0.15) is 0 Å². The maximum atomic E-state index is 12.2. The van der Waals surface area contributed by atoms with Gasteiger partial charge >= 0.3 is 17.1 Å². The lowest BCUT2D eigenvalue weighted by molar-refractivity contribution is 0.0697. The number of H-pyrrole nitrogens is 1. The van der Waals surface area contributed by atoms with Crippen LogP contribution in [-0.4, -0.2) is 32.1 Å². The molecule has 1 fully saturated rings. The minimum atomic E-state index is -1.05. The average Bonchev–Trinajstić information content (AvgIpc) is 2.49. The van der Waals surface area contributed by atoms with Crippen LogP contribution in [0.4, 0.5) is 0 Å². The van der Waals surface area contributed by atoms with Crippen molar-refractivity contribution in [2.75, 3.05) is 11.5 Å². The molecule has 1 aliphatic heterocycles. The van der Waals surface area contributed by atoms with Crippen molar-refractivity contribution in [3.8, 4) is 0 Å². The highest BCUT2D eigenvalue weighted by Crippen LogP contribution is 2.28. The second-order valence-electron chi connectivity index (χ2n) is 5.01. The van der Waals surface area contributed by atoms with E-state index in [1.54, 1.807) is 0 Å². The minimum absolute atomic E-state index is 0.0485. The number of aromatic nitrogens is 2. The van der Waals surface area contributed by atoms with Crippen molar-refractivity contribution in [2.45, 2.75) is 18.9 Å². The number of nitrogens with zero attached hydrogens (tertiary/aromatic N) is 1. The molecule has 7 heteroatoms. The fraction of sp³-hybridized carbons (Fsp3) is 0.357. The van der Waals surface area contributed by atoms with Crippen molar-refractivity contribution in [1.29, 1.82) is 0 Å². The van der Waals surface area contributed by atoms with Crippen LogP contribution in [0.15, 0.2) is 27.8 Å². The second-order valence-corrected chi connectivity index (χ2v) is 6.23. The Morgan fingerprint density at radius 3 is 2.67 bits per heavy atom. The highest BCUT2D eigenvalue weighted by atomic mass is 32.2. The Hall–Kier alpha value is -2.02. The summed E-state index contributed by atoms with van der Waals surface area (Å²) >= 11 is 1.82. The van der Waals surface area contributed by atoms with E-state index in [2.05, 4.69) is 4.98 Å². The SMILES string of the molecule is O=C(O)c1ccc2[nH]c(=O)c(=O)n(C3CCSCC3)c2c1. The fourth-order valence-corrected chi connectivity index (χ4v) is 3.75. The largest absolute Gasteiger partial charge is 0.478 e. The molecule has 2 N–H and O–H groups in total. The van der Waals surface area contributed by atoms with Gasteiger partial charge in [-0.1, -0.05) is 0 Å². The summed E-state index contributed by atoms with van der Waals surface area (Å²) in [5.74, 6) is 0.815. The Morgan fingerprint density at radius 2 is 2.00 bits per heavy atom. The Labute approximate surface area is 123 Å². The van der Waals surface area contributed by atoms with Crippen molar-refractivity contribution in [3.05, 3.63) is 44.5 Å². The molecule has 0 atom stereocenters. The van der Waals surface area contributed by atoms with E-state index in [0.717, 1.165) is 24.3 Å². The summed E-state index contributed by atoms with van der Waals surface area (Å²) < 4.78 is 1.47. The third kappa shape index (κ3) is 2.49. The van der Waals surface area contributed by atoms with Gasteiger partial charge in [0.15, 0.2) is 0 Å². The zero-order valence-electron chi connectivity index (χ0n) is 11.2. The van der Waals surface area contributed by atoms with E-state index in [4.69, 9.17) is 5.11 Å². The van der Waals surface area contributed by atoms with E-state index in [9.17, 15) is 14.4 Å². The van der Waals surface area contributed by atoms with Crippen LogP contribution in [0.1, 0.15) is 29.2 Å². The molecule has 0 aliphatic carbocycles. The number of rotatable bonds is 2. The molecule has 1 aromatic heterocycles. The zero-order chi connectivity index (χ0) is 15.0. The first-order chi connectivity index (χ1) is 10.1. The summed E-state index contributed by atoms with van der Waals surface area (Å²) in [6.45, 7) is 0. The van der Waals surface area contributed by atoms with Gasteiger partial charge in [0.2, 0.25) is 0 Å². The molecule has 2 heterocycles. The lowest BCUT2D eigenvalue weighted by atomic mass is 10.1. The molecular weight excluding hydrogens is 292 g/mol. The molecule has 0 spiro atoms. The second kappa shape index (κ2) is 5.40. The lowest BCUT2D eigenvalue weighted by Gasteiger charge is -2.24. The number of benzene rings is 1. The van der Waals surface area contributed by atoms with Crippen LogP contribution in [0.25, 0.3) is 11.0 Å². The smallest absolute Gasteiger partial charge is 0.335 e. The summed E-state index contributed by atoms with van der Waals surface area (Å²) in [6.07, 6.45) is 1.61. The molecule has 0 radical (unpaired) electrons. The zero-order valence-corrected chi connectivity index (χ0v) is 12.0. The summed E-state index contributed by atoms with van der Waals surface area (Å²) in [6, 6.07) is 4.36. The predicted molar refractivity (Wildman–Crippen MR) is 81.4 cm³/mol. The summed E-state index contributed by atoms with van der Waals surface area (Å²) in [7, 11) is 0. The van der Waals surface area contributed by atoms with E-state index < -0.39 is 17.1 Å². The van der Waals surface area contributed by atoms with Crippen LogP contribution in [-0.2, 0) is 0 Å². The molecule has 3 rings (SSSR count). The van der Waals surface area contributed by atoms with Crippen molar-refractivity contribution in [2.24, 2.45) is 0 Å².